The van der Waals surface area contributed by atoms with Crippen molar-refractivity contribution in [1.82, 2.24) is 4.90 Å². The van der Waals surface area contributed by atoms with Crippen LogP contribution in [0.3, 0.4) is 0 Å². The van der Waals surface area contributed by atoms with Gasteiger partial charge in [0.15, 0.2) is 0 Å². The summed E-state index contributed by atoms with van der Waals surface area (Å²) in [6.45, 7) is 9.26. The van der Waals surface area contributed by atoms with Crippen LogP contribution < -0.4 is 0 Å². The van der Waals surface area contributed by atoms with Gasteiger partial charge < -0.3 is 4.74 Å². The van der Waals surface area contributed by atoms with Crippen molar-refractivity contribution in [3.63, 3.8) is 0 Å². The second kappa shape index (κ2) is 8.86. The minimum atomic E-state index is -0.0494. The van der Waals surface area contributed by atoms with Crippen molar-refractivity contribution in [2.24, 2.45) is 23.2 Å². The van der Waals surface area contributed by atoms with E-state index in [9.17, 15) is 4.79 Å². The van der Waals surface area contributed by atoms with Crippen molar-refractivity contribution >= 4 is 5.97 Å². The fourth-order valence-corrected chi connectivity index (χ4v) is 6.61. The van der Waals surface area contributed by atoms with Gasteiger partial charge in [-0.1, -0.05) is 79.7 Å². The number of esters is 1. The fraction of sp³-hybridized carbons (Fsp3) is 0.483. The summed E-state index contributed by atoms with van der Waals surface area (Å²) in [4.78, 5) is 15.5. The quantitative estimate of drug-likeness (QED) is 0.416. The molecule has 5 atom stereocenters. The minimum Gasteiger partial charge on any atom is -0.462 e. The Morgan fingerprint density at radius 3 is 2.28 bits per heavy atom. The third-order valence-electron chi connectivity index (χ3n) is 8.27. The van der Waals surface area contributed by atoms with E-state index in [1.54, 1.807) is 0 Å². The van der Waals surface area contributed by atoms with Crippen LogP contribution in [0.4, 0.5) is 0 Å². The SMILES string of the molecule is C=C1CCC[C@]2(C)C[C@H]3OC(=O)[C@@H](CN(Cc4ccccc4)Cc4ccccc4)[C@@H]3C[C@@H]12. The molecule has 2 saturated carbocycles. The molecular formula is C29H35NO2. The van der Waals surface area contributed by atoms with Crippen LogP contribution in [0.25, 0.3) is 0 Å². The van der Waals surface area contributed by atoms with Gasteiger partial charge in [0.2, 0.25) is 0 Å². The summed E-state index contributed by atoms with van der Waals surface area (Å²) >= 11 is 0. The number of rotatable bonds is 6. The Morgan fingerprint density at radius 2 is 1.66 bits per heavy atom. The third-order valence-corrected chi connectivity index (χ3v) is 8.27. The molecule has 5 rings (SSSR count). The van der Waals surface area contributed by atoms with E-state index < -0.39 is 0 Å². The highest BCUT2D eigenvalue weighted by Crippen LogP contribution is 2.57. The molecule has 0 spiro atoms. The van der Waals surface area contributed by atoms with Crippen molar-refractivity contribution in [2.45, 2.75) is 58.2 Å². The zero-order valence-electron chi connectivity index (χ0n) is 19.2. The molecule has 3 heteroatoms. The third kappa shape index (κ3) is 4.28. The topological polar surface area (TPSA) is 29.5 Å². The second-order valence-corrected chi connectivity index (χ2v) is 10.5. The predicted octanol–water partition coefficient (Wildman–Crippen LogP) is 6.00. The number of hydrogen-bond donors (Lipinski definition) is 0. The lowest BCUT2D eigenvalue weighted by Crippen LogP contribution is -2.45. The zero-order chi connectivity index (χ0) is 22.1. The lowest BCUT2D eigenvalue weighted by atomic mass is 9.55. The van der Waals surface area contributed by atoms with Crippen molar-refractivity contribution in [1.29, 1.82) is 0 Å². The van der Waals surface area contributed by atoms with Gasteiger partial charge in [0.05, 0.1) is 5.92 Å². The van der Waals surface area contributed by atoms with Gasteiger partial charge in [-0.2, -0.15) is 0 Å². The zero-order valence-corrected chi connectivity index (χ0v) is 19.2. The Hall–Kier alpha value is -2.39. The molecule has 0 N–H and O–H groups in total. The Labute approximate surface area is 192 Å². The number of carbonyl (C=O) groups excluding carboxylic acids is 1. The van der Waals surface area contributed by atoms with E-state index in [0.29, 0.717) is 11.8 Å². The molecular weight excluding hydrogens is 394 g/mol. The van der Waals surface area contributed by atoms with Crippen LogP contribution >= 0.6 is 0 Å². The van der Waals surface area contributed by atoms with Crippen LogP contribution in [0.5, 0.6) is 0 Å². The van der Waals surface area contributed by atoms with E-state index in [1.807, 2.05) is 0 Å². The molecule has 2 aromatic carbocycles. The molecule has 32 heavy (non-hydrogen) atoms. The van der Waals surface area contributed by atoms with E-state index >= 15 is 0 Å². The average molecular weight is 430 g/mol. The lowest BCUT2D eigenvalue weighted by Gasteiger charge is -2.50. The molecule has 1 aliphatic heterocycles. The van der Waals surface area contributed by atoms with E-state index in [0.717, 1.165) is 38.9 Å². The highest BCUT2D eigenvalue weighted by atomic mass is 16.6. The van der Waals surface area contributed by atoms with E-state index in [2.05, 4.69) is 79.1 Å². The van der Waals surface area contributed by atoms with E-state index in [-0.39, 0.29) is 23.4 Å². The normalized spacial score (nSPS) is 31.8. The lowest BCUT2D eigenvalue weighted by molar-refractivity contribution is -0.146. The van der Waals surface area contributed by atoms with Crippen molar-refractivity contribution in [2.75, 3.05) is 6.54 Å². The molecule has 3 aliphatic rings. The first-order valence-corrected chi connectivity index (χ1v) is 12.2. The highest BCUT2D eigenvalue weighted by Gasteiger charge is 2.55. The van der Waals surface area contributed by atoms with Gasteiger partial charge in [-0.05, 0) is 54.6 Å². The van der Waals surface area contributed by atoms with E-state index in [4.69, 9.17) is 4.74 Å². The molecule has 0 amide bonds. The molecule has 0 radical (unpaired) electrons. The van der Waals surface area contributed by atoms with Crippen LogP contribution in [-0.4, -0.2) is 23.5 Å². The molecule has 3 nitrogen and oxygen atoms in total. The summed E-state index contributed by atoms with van der Waals surface area (Å²) in [5, 5.41) is 0. The number of fused-ring (bicyclic) bond motifs is 2. The Bertz CT molecular complexity index is 914. The molecule has 0 aromatic heterocycles. The largest absolute Gasteiger partial charge is 0.462 e. The van der Waals surface area contributed by atoms with Gasteiger partial charge >= 0.3 is 5.97 Å². The van der Waals surface area contributed by atoms with Crippen LogP contribution in [0.15, 0.2) is 72.8 Å². The smallest absolute Gasteiger partial charge is 0.310 e. The summed E-state index contributed by atoms with van der Waals surface area (Å²) in [5.41, 5.74) is 4.21. The summed E-state index contributed by atoms with van der Waals surface area (Å²) in [7, 11) is 0. The first-order valence-electron chi connectivity index (χ1n) is 12.2. The summed E-state index contributed by atoms with van der Waals surface area (Å²) in [5.74, 6) is 0.807. The first-order chi connectivity index (χ1) is 15.5. The molecule has 2 aliphatic carbocycles. The number of allylic oxidation sites excluding steroid dienone is 1. The number of carbonyl (C=O) groups is 1. The van der Waals surface area contributed by atoms with Gasteiger partial charge in [-0.3, -0.25) is 9.69 Å². The molecule has 2 aromatic rings. The molecule has 1 heterocycles. The minimum absolute atomic E-state index is 0.0129. The van der Waals surface area contributed by atoms with Gasteiger partial charge in [-0.25, -0.2) is 0 Å². The summed E-state index contributed by atoms with van der Waals surface area (Å²) in [6.07, 6.45) is 5.74. The number of benzene rings is 2. The molecule has 3 fully saturated rings. The number of nitrogens with zero attached hydrogens (tertiary/aromatic N) is 1. The molecule has 168 valence electrons. The standard InChI is InChI=1S/C29H35NO2/c1-21-10-9-15-29(2)17-27-24(16-26(21)29)25(28(31)32-27)20-30(18-22-11-5-3-6-12-22)19-23-13-7-4-8-14-23/h3-8,11-14,24-27H,1,9-10,15-20H2,2H3/t24-,25-,26-,27+,29+/m0/s1. The highest BCUT2D eigenvalue weighted by molar-refractivity contribution is 5.75. The van der Waals surface area contributed by atoms with Gasteiger partial charge in [0.1, 0.15) is 6.10 Å². The first kappa shape index (κ1) is 21.5. The van der Waals surface area contributed by atoms with Gasteiger partial charge in [0.25, 0.3) is 0 Å². The predicted molar refractivity (Wildman–Crippen MR) is 128 cm³/mol. The number of hydrogen-bond acceptors (Lipinski definition) is 3. The Balaban J connectivity index is 1.36. The molecule has 1 saturated heterocycles. The number of ether oxygens (including phenoxy) is 1. The summed E-state index contributed by atoms with van der Waals surface area (Å²) < 4.78 is 6.03. The van der Waals surface area contributed by atoms with Crippen LogP contribution in [0.2, 0.25) is 0 Å². The Morgan fingerprint density at radius 1 is 1.03 bits per heavy atom. The second-order valence-electron chi connectivity index (χ2n) is 10.5. The van der Waals surface area contributed by atoms with Crippen LogP contribution in [0.1, 0.15) is 50.2 Å². The maximum Gasteiger partial charge on any atom is 0.310 e. The van der Waals surface area contributed by atoms with Crippen LogP contribution in [0, 0.1) is 23.2 Å². The van der Waals surface area contributed by atoms with Gasteiger partial charge in [0, 0.05) is 25.6 Å². The van der Waals surface area contributed by atoms with Crippen molar-refractivity contribution in [3.05, 3.63) is 83.9 Å². The van der Waals surface area contributed by atoms with Gasteiger partial charge in [-0.15, -0.1) is 0 Å². The molecule has 0 unspecified atom stereocenters. The van der Waals surface area contributed by atoms with Crippen molar-refractivity contribution in [3.8, 4) is 0 Å². The Kier molecular flexibility index (Phi) is 5.94. The fourth-order valence-electron chi connectivity index (χ4n) is 6.61. The summed E-state index contributed by atoms with van der Waals surface area (Å²) in [6, 6.07) is 21.2. The average Bonchev–Trinajstić information content (AvgIpc) is 3.07. The van der Waals surface area contributed by atoms with E-state index in [1.165, 1.54) is 29.5 Å². The monoisotopic (exact) mass is 429 g/mol. The maximum atomic E-state index is 13.1. The van der Waals surface area contributed by atoms with Crippen LogP contribution in [-0.2, 0) is 22.6 Å². The molecule has 0 bridgehead atoms. The van der Waals surface area contributed by atoms with Crippen molar-refractivity contribution < 1.29 is 9.53 Å². The maximum absolute atomic E-state index is 13.1.